The van der Waals surface area contributed by atoms with Crippen molar-refractivity contribution in [2.24, 2.45) is 0 Å². The Morgan fingerprint density at radius 2 is 2.09 bits per heavy atom. The number of nitrogens with one attached hydrogen (secondary N) is 1. The number of nitrogens with zero attached hydrogens (tertiary/aromatic N) is 4. The van der Waals surface area contributed by atoms with Gasteiger partial charge in [-0.25, -0.2) is 22.8 Å². The third-order valence-corrected chi connectivity index (χ3v) is 5.17. The van der Waals surface area contributed by atoms with Gasteiger partial charge in [0.15, 0.2) is 0 Å². The molecule has 1 aromatic heterocycles. The molecule has 1 amide bonds. The summed E-state index contributed by atoms with van der Waals surface area (Å²) in [6, 6.07) is -0.0342. The Morgan fingerprint density at radius 3 is 2.68 bits per heavy atom. The van der Waals surface area contributed by atoms with Crippen LogP contribution in [0.3, 0.4) is 0 Å². The molecule has 22 heavy (non-hydrogen) atoms. The topological polar surface area (TPSA) is 97.2 Å². The Bertz CT molecular complexity index is 640. The van der Waals surface area contributed by atoms with Crippen molar-refractivity contribution in [3.8, 4) is 0 Å². The van der Waals surface area contributed by atoms with Gasteiger partial charge >= 0.3 is 0 Å². The number of aromatic nitrogens is 3. The Morgan fingerprint density at radius 1 is 1.36 bits per heavy atom. The molecule has 1 atom stereocenters. The zero-order valence-electron chi connectivity index (χ0n) is 13.2. The average Bonchev–Trinajstić information content (AvgIpc) is 2.77. The van der Waals surface area contributed by atoms with Gasteiger partial charge in [0.05, 0.1) is 12.6 Å². The van der Waals surface area contributed by atoms with Crippen LogP contribution in [0.2, 0.25) is 0 Å². The minimum atomic E-state index is -3.54. The van der Waals surface area contributed by atoms with Crippen molar-refractivity contribution in [2.45, 2.75) is 45.7 Å². The van der Waals surface area contributed by atoms with E-state index in [-0.39, 0.29) is 11.9 Å². The summed E-state index contributed by atoms with van der Waals surface area (Å²) in [5.41, 5.74) is 0. The summed E-state index contributed by atoms with van der Waals surface area (Å²) in [4.78, 5) is 18.3. The maximum Gasteiger partial charge on any atom is 0.239 e. The first-order valence-corrected chi connectivity index (χ1v) is 9.06. The normalized spacial score (nSPS) is 19.4. The fourth-order valence-electron chi connectivity index (χ4n) is 2.77. The Hall–Kier alpha value is -1.48. The van der Waals surface area contributed by atoms with Crippen molar-refractivity contribution < 1.29 is 13.2 Å². The van der Waals surface area contributed by atoms with Gasteiger partial charge in [0.2, 0.25) is 15.9 Å². The van der Waals surface area contributed by atoms with Gasteiger partial charge in [-0.2, -0.15) is 5.10 Å². The summed E-state index contributed by atoms with van der Waals surface area (Å²) in [5, 5.41) is 4.33. The van der Waals surface area contributed by atoms with E-state index in [1.165, 1.54) is 7.05 Å². The first-order valence-electron chi connectivity index (χ1n) is 7.41. The first kappa shape index (κ1) is 16.9. The molecule has 1 saturated heterocycles. The molecule has 0 saturated carbocycles. The SMILES string of the molecule is CNS(=O)(=O)CC(=O)N1CCCCC1Cn1nc(C)nc1C. The standard InChI is InChI=1S/C13H23N5O3S/c1-10-15-11(2)18(16-10)8-12-6-4-5-7-17(12)13(19)9-22(20,21)14-3/h12,14H,4-9H2,1-3H3. The molecule has 0 radical (unpaired) electrons. The van der Waals surface area contributed by atoms with Crippen molar-refractivity contribution in [1.29, 1.82) is 0 Å². The van der Waals surface area contributed by atoms with Gasteiger partial charge in [-0.15, -0.1) is 0 Å². The summed E-state index contributed by atoms with van der Waals surface area (Å²) in [5.74, 6) is 0.644. The monoisotopic (exact) mass is 329 g/mol. The van der Waals surface area contributed by atoms with Crippen LogP contribution in [0.1, 0.15) is 30.9 Å². The molecule has 0 aliphatic carbocycles. The van der Waals surface area contributed by atoms with E-state index in [1.54, 1.807) is 9.58 Å². The van der Waals surface area contributed by atoms with Gasteiger partial charge in [0, 0.05) is 6.54 Å². The highest BCUT2D eigenvalue weighted by atomic mass is 32.2. The molecule has 1 aliphatic rings. The van der Waals surface area contributed by atoms with Gasteiger partial charge in [-0.1, -0.05) is 0 Å². The third kappa shape index (κ3) is 4.04. The molecule has 1 fully saturated rings. The number of aryl methyl sites for hydroxylation is 2. The Balaban J connectivity index is 2.11. The molecule has 124 valence electrons. The molecular weight excluding hydrogens is 306 g/mol. The maximum absolute atomic E-state index is 12.3. The number of hydrogen-bond acceptors (Lipinski definition) is 5. The molecule has 1 aromatic rings. The second-order valence-electron chi connectivity index (χ2n) is 5.59. The summed E-state index contributed by atoms with van der Waals surface area (Å²) in [6.45, 7) is 4.85. The lowest BCUT2D eigenvalue weighted by Gasteiger charge is -2.35. The van der Waals surface area contributed by atoms with Crippen LogP contribution in [0.15, 0.2) is 0 Å². The summed E-state index contributed by atoms with van der Waals surface area (Å²) in [6.07, 6.45) is 2.78. The largest absolute Gasteiger partial charge is 0.337 e. The lowest BCUT2D eigenvalue weighted by molar-refractivity contribution is -0.132. The highest BCUT2D eigenvalue weighted by molar-refractivity contribution is 7.90. The summed E-state index contributed by atoms with van der Waals surface area (Å²) >= 11 is 0. The van der Waals surface area contributed by atoms with Crippen LogP contribution in [0.25, 0.3) is 0 Å². The molecule has 0 bridgehead atoms. The number of rotatable bonds is 5. The van der Waals surface area contributed by atoms with E-state index in [9.17, 15) is 13.2 Å². The van der Waals surface area contributed by atoms with Crippen molar-refractivity contribution >= 4 is 15.9 Å². The van der Waals surface area contributed by atoms with Crippen LogP contribution in [0, 0.1) is 13.8 Å². The van der Waals surface area contributed by atoms with Crippen molar-refractivity contribution in [3.63, 3.8) is 0 Å². The maximum atomic E-state index is 12.3. The van der Waals surface area contributed by atoms with E-state index in [1.807, 2.05) is 13.8 Å². The smallest absolute Gasteiger partial charge is 0.239 e. The van der Waals surface area contributed by atoms with Crippen LogP contribution < -0.4 is 4.72 Å². The number of piperidine rings is 1. The lowest BCUT2D eigenvalue weighted by atomic mass is 10.0. The van der Waals surface area contributed by atoms with Gasteiger partial charge in [-0.3, -0.25) is 4.79 Å². The Kier molecular flexibility index (Phi) is 5.17. The zero-order chi connectivity index (χ0) is 16.3. The minimum absolute atomic E-state index is 0.0342. The number of likely N-dealkylation sites (tertiary alicyclic amines) is 1. The molecule has 2 rings (SSSR count). The van der Waals surface area contributed by atoms with E-state index in [0.29, 0.717) is 18.9 Å². The second kappa shape index (κ2) is 6.74. The predicted octanol–water partition coefficient (Wildman–Crippen LogP) is -0.175. The molecule has 1 aliphatic heterocycles. The second-order valence-corrected chi connectivity index (χ2v) is 7.51. The number of amides is 1. The number of sulfonamides is 1. The molecule has 9 heteroatoms. The van der Waals surface area contributed by atoms with Crippen LogP contribution >= 0.6 is 0 Å². The highest BCUT2D eigenvalue weighted by Gasteiger charge is 2.30. The number of carbonyl (C=O) groups is 1. The zero-order valence-corrected chi connectivity index (χ0v) is 14.1. The quantitative estimate of drug-likeness (QED) is 0.808. The van der Waals surface area contributed by atoms with Crippen molar-refractivity contribution in [3.05, 3.63) is 11.6 Å². The molecule has 8 nitrogen and oxygen atoms in total. The van der Waals surface area contributed by atoms with E-state index in [4.69, 9.17) is 0 Å². The molecule has 0 spiro atoms. The lowest BCUT2D eigenvalue weighted by Crippen LogP contribution is -2.49. The number of carbonyl (C=O) groups excluding carboxylic acids is 1. The van der Waals surface area contributed by atoms with Gasteiger partial charge < -0.3 is 4.90 Å². The average molecular weight is 329 g/mol. The highest BCUT2D eigenvalue weighted by Crippen LogP contribution is 2.19. The molecule has 2 heterocycles. The molecule has 0 aromatic carbocycles. The summed E-state index contributed by atoms with van der Waals surface area (Å²) < 4.78 is 27.2. The number of hydrogen-bond donors (Lipinski definition) is 1. The van der Waals surface area contributed by atoms with Crippen LogP contribution in [0.4, 0.5) is 0 Å². The van der Waals surface area contributed by atoms with Crippen LogP contribution in [-0.4, -0.2) is 59.4 Å². The third-order valence-electron chi connectivity index (χ3n) is 3.92. The van der Waals surface area contributed by atoms with Gasteiger partial charge in [-0.05, 0) is 40.2 Å². The first-order chi connectivity index (χ1) is 10.3. The fraction of sp³-hybridized carbons (Fsp3) is 0.769. The molecule has 1 N–H and O–H groups in total. The molecule has 1 unspecified atom stereocenters. The summed E-state index contributed by atoms with van der Waals surface area (Å²) in [7, 11) is -2.23. The van der Waals surface area contributed by atoms with Crippen LogP contribution in [0.5, 0.6) is 0 Å². The van der Waals surface area contributed by atoms with Crippen molar-refractivity contribution in [1.82, 2.24) is 24.4 Å². The van der Waals surface area contributed by atoms with E-state index in [0.717, 1.165) is 25.1 Å². The Labute approximate surface area is 130 Å². The fourth-order valence-corrected chi connectivity index (χ4v) is 3.41. The van der Waals surface area contributed by atoms with Gasteiger partial charge in [0.1, 0.15) is 17.4 Å². The minimum Gasteiger partial charge on any atom is -0.337 e. The van der Waals surface area contributed by atoms with Crippen LogP contribution in [-0.2, 0) is 21.4 Å². The molecular formula is C13H23N5O3S. The van der Waals surface area contributed by atoms with Gasteiger partial charge in [0.25, 0.3) is 0 Å². The van der Waals surface area contributed by atoms with E-state index >= 15 is 0 Å². The van der Waals surface area contributed by atoms with Crippen molar-refractivity contribution in [2.75, 3.05) is 19.3 Å². The predicted molar refractivity (Wildman–Crippen MR) is 81.7 cm³/mol. The van der Waals surface area contributed by atoms with E-state index < -0.39 is 15.8 Å². The van der Waals surface area contributed by atoms with E-state index in [2.05, 4.69) is 14.8 Å².